The van der Waals surface area contributed by atoms with Gasteiger partial charge in [0.2, 0.25) is 0 Å². The first-order valence-electron chi connectivity index (χ1n) is 7.63. The summed E-state index contributed by atoms with van der Waals surface area (Å²) in [6, 6.07) is 15.1. The van der Waals surface area contributed by atoms with Crippen LogP contribution in [0.5, 0.6) is 11.5 Å². The van der Waals surface area contributed by atoms with Gasteiger partial charge in [0, 0.05) is 12.5 Å². The molecule has 0 radical (unpaired) electrons. The zero-order valence-electron chi connectivity index (χ0n) is 13.9. The lowest BCUT2D eigenvalue weighted by atomic mass is 10.1. The van der Waals surface area contributed by atoms with Gasteiger partial charge in [0.05, 0.1) is 32.6 Å². The van der Waals surface area contributed by atoms with Crippen LogP contribution in [0.15, 0.2) is 53.5 Å². The van der Waals surface area contributed by atoms with Crippen molar-refractivity contribution >= 4 is 11.6 Å². The molecule has 0 aliphatic heterocycles. The maximum Gasteiger partial charge on any atom is 0.193 e. The highest BCUT2D eigenvalue weighted by molar-refractivity contribution is 5.94. The number of hydrogen-bond acceptors (Lipinski definition) is 4. The minimum absolute atomic E-state index is 0.202. The fraction of sp³-hybridized carbons (Fsp3) is 0.278. The number of aliphatic hydroxyl groups excluding tert-OH is 1. The molecule has 2 rings (SSSR count). The highest BCUT2D eigenvalue weighted by Gasteiger charge is 2.08. The van der Waals surface area contributed by atoms with Crippen LogP contribution in [0.4, 0.5) is 5.69 Å². The third-order valence-electron chi connectivity index (χ3n) is 3.46. The Kier molecular flexibility index (Phi) is 6.45. The maximum atomic E-state index is 10.1. The number of aliphatic hydroxyl groups is 1. The predicted octanol–water partition coefficient (Wildman–Crippen LogP) is 2.03. The van der Waals surface area contributed by atoms with Crippen molar-refractivity contribution < 1.29 is 14.6 Å². The molecule has 0 bridgehead atoms. The Morgan fingerprint density at radius 2 is 1.92 bits per heavy atom. The summed E-state index contributed by atoms with van der Waals surface area (Å²) < 4.78 is 10.5. The van der Waals surface area contributed by atoms with E-state index >= 15 is 0 Å². The molecule has 0 amide bonds. The molecular formula is C18H23N3O3. The van der Waals surface area contributed by atoms with E-state index in [1.165, 1.54) is 0 Å². The van der Waals surface area contributed by atoms with E-state index in [-0.39, 0.29) is 12.5 Å². The van der Waals surface area contributed by atoms with Crippen LogP contribution in [0.2, 0.25) is 0 Å². The van der Waals surface area contributed by atoms with Gasteiger partial charge in [-0.25, -0.2) is 0 Å². The zero-order valence-corrected chi connectivity index (χ0v) is 13.9. The van der Waals surface area contributed by atoms with E-state index in [1.807, 2.05) is 30.3 Å². The summed E-state index contributed by atoms with van der Waals surface area (Å²) >= 11 is 0. The monoisotopic (exact) mass is 329 g/mol. The highest BCUT2D eigenvalue weighted by Crippen LogP contribution is 2.28. The first-order chi connectivity index (χ1) is 11.6. The number of nitrogens with zero attached hydrogens (tertiary/aromatic N) is 1. The van der Waals surface area contributed by atoms with Crippen LogP contribution in [0, 0.1) is 0 Å². The van der Waals surface area contributed by atoms with Crippen LogP contribution < -0.4 is 20.5 Å². The van der Waals surface area contributed by atoms with Crippen molar-refractivity contribution in [1.82, 2.24) is 0 Å². The molecule has 24 heavy (non-hydrogen) atoms. The van der Waals surface area contributed by atoms with Gasteiger partial charge in [0.15, 0.2) is 5.96 Å². The van der Waals surface area contributed by atoms with Crippen molar-refractivity contribution in [2.45, 2.75) is 12.5 Å². The third kappa shape index (κ3) is 5.17. The largest absolute Gasteiger partial charge is 0.497 e. The second-order valence-corrected chi connectivity index (χ2v) is 5.26. The Bertz CT molecular complexity index is 674. The van der Waals surface area contributed by atoms with E-state index in [0.29, 0.717) is 23.6 Å². The van der Waals surface area contributed by atoms with Gasteiger partial charge in [0.25, 0.3) is 0 Å². The summed E-state index contributed by atoms with van der Waals surface area (Å²) in [7, 11) is 3.16. The number of anilines is 1. The van der Waals surface area contributed by atoms with E-state index in [1.54, 1.807) is 32.4 Å². The van der Waals surface area contributed by atoms with Gasteiger partial charge in [-0.3, -0.25) is 4.99 Å². The molecule has 6 heteroatoms. The van der Waals surface area contributed by atoms with Gasteiger partial charge < -0.3 is 25.6 Å². The van der Waals surface area contributed by atoms with Gasteiger partial charge in [-0.2, -0.15) is 0 Å². The standard InChI is InChI=1S/C18H23N3O3/c1-23-15-8-9-17(24-2)16(11-15)21-18(19)20-12-14(22)10-13-6-4-3-5-7-13/h3-9,11,14,22H,10,12H2,1-2H3,(H3,19,20,21). The Balaban J connectivity index is 1.96. The average molecular weight is 329 g/mol. The topological polar surface area (TPSA) is 89.1 Å². The molecular weight excluding hydrogens is 306 g/mol. The maximum absolute atomic E-state index is 10.1. The van der Waals surface area contributed by atoms with Gasteiger partial charge in [-0.05, 0) is 17.7 Å². The quantitative estimate of drug-likeness (QED) is 0.534. The number of guanidine groups is 1. The predicted molar refractivity (Wildman–Crippen MR) is 95.8 cm³/mol. The summed E-state index contributed by atoms with van der Waals surface area (Å²) in [6.07, 6.45) is -0.0694. The molecule has 0 saturated carbocycles. The lowest BCUT2D eigenvalue weighted by Gasteiger charge is -2.13. The molecule has 0 spiro atoms. The summed E-state index contributed by atoms with van der Waals surface area (Å²) in [5, 5.41) is 13.0. The summed E-state index contributed by atoms with van der Waals surface area (Å²) in [6.45, 7) is 0.208. The van der Waals surface area contributed by atoms with Gasteiger partial charge >= 0.3 is 0 Å². The summed E-state index contributed by atoms with van der Waals surface area (Å²) in [5.74, 6) is 1.50. The number of nitrogens with two attached hydrogens (primary N) is 1. The fourth-order valence-electron chi connectivity index (χ4n) is 2.24. The van der Waals surface area contributed by atoms with Crippen molar-refractivity contribution in [1.29, 1.82) is 0 Å². The Morgan fingerprint density at radius 1 is 1.17 bits per heavy atom. The number of methoxy groups -OCH3 is 2. The van der Waals surface area contributed by atoms with Crippen LogP contribution >= 0.6 is 0 Å². The molecule has 0 aromatic heterocycles. The lowest BCUT2D eigenvalue weighted by Crippen LogP contribution is -2.25. The minimum Gasteiger partial charge on any atom is -0.497 e. The summed E-state index contributed by atoms with van der Waals surface area (Å²) in [4.78, 5) is 4.18. The van der Waals surface area contributed by atoms with Gasteiger partial charge in [-0.1, -0.05) is 30.3 Å². The zero-order chi connectivity index (χ0) is 17.4. The molecule has 0 aliphatic carbocycles. The molecule has 4 N–H and O–H groups in total. The first-order valence-corrected chi connectivity index (χ1v) is 7.63. The molecule has 2 aromatic carbocycles. The van der Waals surface area contributed by atoms with Crippen LogP contribution in [0.25, 0.3) is 0 Å². The molecule has 0 heterocycles. The van der Waals surface area contributed by atoms with E-state index in [0.717, 1.165) is 5.56 Å². The minimum atomic E-state index is -0.597. The van der Waals surface area contributed by atoms with Crippen LogP contribution in [-0.2, 0) is 6.42 Å². The third-order valence-corrected chi connectivity index (χ3v) is 3.46. The van der Waals surface area contributed by atoms with Crippen molar-refractivity contribution in [2.75, 3.05) is 26.1 Å². The smallest absolute Gasteiger partial charge is 0.193 e. The SMILES string of the molecule is COc1ccc(OC)c(NC(N)=NCC(O)Cc2ccccc2)c1. The second kappa shape index (κ2) is 8.79. The van der Waals surface area contributed by atoms with Crippen molar-refractivity contribution in [3.8, 4) is 11.5 Å². The van der Waals surface area contributed by atoms with Gasteiger partial charge in [-0.15, -0.1) is 0 Å². The number of ether oxygens (including phenoxy) is 2. The Morgan fingerprint density at radius 3 is 2.58 bits per heavy atom. The van der Waals surface area contributed by atoms with E-state index in [2.05, 4.69) is 10.3 Å². The molecule has 2 aromatic rings. The molecule has 6 nitrogen and oxygen atoms in total. The van der Waals surface area contributed by atoms with Crippen LogP contribution in [-0.4, -0.2) is 37.9 Å². The number of nitrogens with one attached hydrogen (secondary N) is 1. The normalized spacial score (nSPS) is 12.5. The first kappa shape index (κ1) is 17.6. The summed E-state index contributed by atoms with van der Waals surface area (Å²) in [5.41, 5.74) is 7.60. The van der Waals surface area contributed by atoms with Crippen molar-refractivity contribution in [3.63, 3.8) is 0 Å². The van der Waals surface area contributed by atoms with E-state index in [9.17, 15) is 5.11 Å². The molecule has 1 atom stereocenters. The number of aliphatic imine (C=N–C) groups is 1. The molecule has 0 aliphatic rings. The Labute approximate surface area is 141 Å². The molecule has 0 saturated heterocycles. The number of benzene rings is 2. The van der Waals surface area contributed by atoms with Crippen molar-refractivity contribution in [3.05, 3.63) is 54.1 Å². The van der Waals surface area contributed by atoms with Crippen molar-refractivity contribution in [2.24, 2.45) is 10.7 Å². The van der Waals surface area contributed by atoms with Gasteiger partial charge in [0.1, 0.15) is 11.5 Å². The lowest BCUT2D eigenvalue weighted by molar-refractivity contribution is 0.184. The van der Waals surface area contributed by atoms with E-state index in [4.69, 9.17) is 15.2 Å². The highest BCUT2D eigenvalue weighted by atomic mass is 16.5. The Hall–Kier alpha value is -2.73. The average Bonchev–Trinajstić information content (AvgIpc) is 2.60. The fourth-order valence-corrected chi connectivity index (χ4v) is 2.24. The molecule has 128 valence electrons. The van der Waals surface area contributed by atoms with E-state index < -0.39 is 6.10 Å². The second-order valence-electron chi connectivity index (χ2n) is 5.26. The number of rotatable bonds is 7. The number of hydrogen-bond donors (Lipinski definition) is 3. The molecule has 1 unspecified atom stereocenters. The van der Waals surface area contributed by atoms with Crippen LogP contribution in [0.3, 0.4) is 0 Å². The molecule has 0 fully saturated rings. The van der Waals surface area contributed by atoms with Crippen LogP contribution in [0.1, 0.15) is 5.56 Å².